The van der Waals surface area contributed by atoms with E-state index < -0.39 is 0 Å². The third-order valence-corrected chi connectivity index (χ3v) is 4.22. The number of aromatic amines is 2. The first-order chi connectivity index (χ1) is 10.2. The number of fused-ring (bicyclic) bond motifs is 1. The standard InChI is InChI=1S/C15H16N4O2/c20-13-3-1-2-12(16-13)15(21)19-7-6-11-10(8-19)14(18-17-11)9-4-5-9/h1-3,9H,4-8H2,(H,16,20)(H,17,18). The largest absolute Gasteiger partial charge is 0.333 e. The fourth-order valence-electron chi connectivity index (χ4n) is 2.93. The van der Waals surface area contributed by atoms with Gasteiger partial charge in [-0.1, -0.05) is 6.07 Å². The highest BCUT2D eigenvalue weighted by molar-refractivity contribution is 5.92. The summed E-state index contributed by atoms with van der Waals surface area (Å²) >= 11 is 0. The smallest absolute Gasteiger partial charge is 0.270 e. The molecule has 4 rings (SSSR count). The fourth-order valence-corrected chi connectivity index (χ4v) is 2.93. The maximum Gasteiger partial charge on any atom is 0.270 e. The van der Waals surface area contributed by atoms with Crippen LogP contribution in [0.25, 0.3) is 0 Å². The van der Waals surface area contributed by atoms with Crippen LogP contribution in [0, 0.1) is 0 Å². The molecule has 2 aliphatic rings. The molecule has 2 aromatic heterocycles. The Morgan fingerprint density at radius 2 is 2.19 bits per heavy atom. The van der Waals surface area contributed by atoms with Crippen LogP contribution in [0.3, 0.4) is 0 Å². The Bertz CT molecular complexity index is 757. The first-order valence-corrected chi connectivity index (χ1v) is 7.27. The Hall–Kier alpha value is -2.37. The van der Waals surface area contributed by atoms with Gasteiger partial charge in [0.25, 0.3) is 5.91 Å². The molecule has 0 radical (unpaired) electrons. The number of hydrogen-bond acceptors (Lipinski definition) is 3. The zero-order valence-electron chi connectivity index (χ0n) is 11.6. The lowest BCUT2D eigenvalue weighted by Crippen LogP contribution is -2.37. The van der Waals surface area contributed by atoms with Gasteiger partial charge in [0.15, 0.2) is 0 Å². The van der Waals surface area contributed by atoms with E-state index in [2.05, 4.69) is 15.2 Å². The van der Waals surface area contributed by atoms with Crippen molar-refractivity contribution < 1.29 is 4.79 Å². The molecule has 0 spiro atoms. The summed E-state index contributed by atoms with van der Waals surface area (Å²) < 4.78 is 0. The normalized spacial score (nSPS) is 17.6. The summed E-state index contributed by atoms with van der Waals surface area (Å²) in [5, 5.41) is 7.53. The van der Waals surface area contributed by atoms with E-state index in [1.807, 2.05) is 0 Å². The Morgan fingerprint density at radius 1 is 1.33 bits per heavy atom. The van der Waals surface area contributed by atoms with Gasteiger partial charge in [-0.25, -0.2) is 0 Å². The van der Waals surface area contributed by atoms with Crippen LogP contribution in [-0.2, 0) is 13.0 Å². The van der Waals surface area contributed by atoms with Crippen molar-refractivity contribution in [2.24, 2.45) is 0 Å². The summed E-state index contributed by atoms with van der Waals surface area (Å²) in [5.41, 5.74) is 3.56. The number of H-pyrrole nitrogens is 2. The van der Waals surface area contributed by atoms with Gasteiger partial charge in [-0.3, -0.25) is 14.7 Å². The second-order valence-corrected chi connectivity index (χ2v) is 5.75. The summed E-state index contributed by atoms with van der Waals surface area (Å²) in [7, 11) is 0. The number of rotatable bonds is 2. The first kappa shape index (κ1) is 12.4. The van der Waals surface area contributed by atoms with Crippen molar-refractivity contribution in [2.45, 2.75) is 31.7 Å². The Kier molecular flexibility index (Phi) is 2.70. The summed E-state index contributed by atoms with van der Waals surface area (Å²) in [6.45, 7) is 1.22. The van der Waals surface area contributed by atoms with Crippen molar-refractivity contribution in [1.29, 1.82) is 0 Å². The minimum Gasteiger partial charge on any atom is -0.333 e. The van der Waals surface area contributed by atoms with Gasteiger partial charge in [0, 0.05) is 42.8 Å². The van der Waals surface area contributed by atoms with E-state index >= 15 is 0 Å². The third-order valence-electron chi connectivity index (χ3n) is 4.22. The average molecular weight is 284 g/mol. The maximum atomic E-state index is 12.5. The molecule has 1 aliphatic heterocycles. The minimum absolute atomic E-state index is 0.124. The van der Waals surface area contributed by atoms with E-state index in [-0.39, 0.29) is 11.5 Å². The van der Waals surface area contributed by atoms with Crippen molar-refractivity contribution in [3.8, 4) is 0 Å². The van der Waals surface area contributed by atoms with Crippen LogP contribution >= 0.6 is 0 Å². The summed E-state index contributed by atoms with van der Waals surface area (Å²) in [6.07, 6.45) is 3.17. The molecule has 0 atom stereocenters. The zero-order chi connectivity index (χ0) is 14.4. The highest BCUT2D eigenvalue weighted by Crippen LogP contribution is 2.42. The van der Waals surface area contributed by atoms with Crippen LogP contribution in [0.5, 0.6) is 0 Å². The van der Waals surface area contributed by atoms with Gasteiger partial charge in [-0.15, -0.1) is 0 Å². The van der Waals surface area contributed by atoms with E-state index in [1.165, 1.54) is 24.5 Å². The molecule has 1 aliphatic carbocycles. The SMILES string of the molecule is O=C(c1cccc(=O)[nH]1)N1CCc2[nH]nc(C3CC3)c2C1. The molecule has 1 fully saturated rings. The van der Waals surface area contributed by atoms with E-state index in [0.29, 0.717) is 24.7 Å². The van der Waals surface area contributed by atoms with Gasteiger partial charge in [0.1, 0.15) is 5.69 Å². The molecule has 21 heavy (non-hydrogen) atoms. The summed E-state index contributed by atoms with van der Waals surface area (Å²) in [5.74, 6) is 0.442. The van der Waals surface area contributed by atoms with Gasteiger partial charge in [0.2, 0.25) is 5.56 Å². The van der Waals surface area contributed by atoms with E-state index in [1.54, 1.807) is 17.0 Å². The molecule has 2 N–H and O–H groups in total. The molecule has 0 bridgehead atoms. The van der Waals surface area contributed by atoms with Gasteiger partial charge < -0.3 is 9.88 Å². The van der Waals surface area contributed by atoms with Gasteiger partial charge in [-0.2, -0.15) is 5.10 Å². The molecule has 6 nitrogen and oxygen atoms in total. The fraction of sp³-hybridized carbons (Fsp3) is 0.400. The number of carbonyl (C=O) groups is 1. The Balaban J connectivity index is 1.61. The third kappa shape index (κ3) is 2.16. The predicted molar refractivity (Wildman–Crippen MR) is 76.1 cm³/mol. The first-order valence-electron chi connectivity index (χ1n) is 7.27. The highest BCUT2D eigenvalue weighted by Gasteiger charge is 2.33. The number of nitrogens with zero attached hydrogens (tertiary/aromatic N) is 2. The second kappa shape index (κ2) is 4.58. The zero-order valence-corrected chi connectivity index (χ0v) is 11.6. The molecule has 2 aromatic rings. The molecular formula is C15H16N4O2. The van der Waals surface area contributed by atoms with Gasteiger partial charge in [-0.05, 0) is 18.9 Å². The number of aromatic nitrogens is 3. The molecule has 0 aromatic carbocycles. The number of nitrogens with one attached hydrogen (secondary N) is 2. The Labute approximate surface area is 121 Å². The second-order valence-electron chi connectivity index (χ2n) is 5.75. The molecular weight excluding hydrogens is 268 g/mol. The highest BCUT2D eigenvalue weighted by atomic mass is 16.2. The quantitative estimate of drug-likeness (QED) is 0.868. The van der Waals surface area contributed by atoms with Crippen molar-refractivity contribution in [3.05, 3.63) is 51.2 Å². The number of hydrogen-bond donors (Lipinski definition) is 2. The minimum atomic E-state index is -0.250. The van der Waals surface area contributed by atoms with Gasteiger partial charge >= 0.3 is 0 Å². The van der Waals surface area contributed by atoms with E-state index in [9.17, 15) is 9.59 Å². The monoisotopic (exact) mass is 284 g/mol. The topological polar surface area (TPSA) is 81.9 Å². The summed E-state index contributed by atoms with van der Waals surface area (Å²) in [6, 6.07) is 4.66. The van der Waals surface area contributed by atoms with E-state index in [0.717, 1.165) is 17.8 Å². The number of amides is 1. The van der Waals surface area contributed by atoms with Gasteiger partial charge in [0.05, 0.1) is 5.69 Å². The molecule has 1 amide bonds. The van der Waals surface area contributed by atoms with Crippen molar-refractivity contribution in [1.82, 2.24) is 20.1 Å². The Morgan fingerprint density at radius 3 is 2.95 bits per heavy atom. The van der Waals surface area contributed by atoms with E-state index in [4.69, 9.17) is 0 Å². The van der Waals surface area contributed by atoms with Crippen molar-refractivity contribution >= 4 is 5.91 Å². The van der Waals surface area contributed by atoms with Crippen LogP contribution in [0.4, 0.5) is 0 Å². The number of carbonyl (C=O) groups excluding carboxylic acids is 1. The molecule has 0 unspecified atom stereocenters. The lowest BCUT2D eigenvalue weighted by molar-refractivity contribution is 0.0727. The average Bonchev–Trinajstić information content (AvgIpc) is 3.25. The maximum absolute atomic E-state index is 12.5. The molecule has 0 saturated heterocycles. The lowest BCUT2D eigenvalue weighted by atomic mass is 10.0. The van der Waals surface area contributed by atoms with Crippen molar-refractivity contribution in [2.75, 3.05) is 6.54 Å². The molecule has 3 heterocycles. The molecule has 1 saturated carbocycles. The predicted octanol–water partition coefficient (Wildman–Crippen LogP) is 1.17. The molecule has 6 heteroatoms. The number of pyridine rings is 1. The van der Waals surface area contributed by atoms with Crippen LogP contribution in [0.2, 0.25) is 0 Å². The van der Waals surface area contributed by atoms with Crippen LogP contribution < -0.4 is 5.56 Å². The van der Waals surface area contributed by atoms with Crippen molar-refractivity contribution in [3.63, 3.8) is 0 Å². The van der Waals surface area contributed by atoms with Crippen LogP contribution in [0.15, 0.2) is 23.0 Å². The lowest BCUT2D eigenvalue weighted by Gasteiger charge is -2.27. The van der Waals surface area contributed by atoms with Crippen LogP contribution in [-0.4, -0.2) is 32.5 Å². The van der Waals surface area contributed by atoms with Crippen LogP contribution in [0.1, 0.15) is 46.2 Å². The molecule has 108 valence electrons. The summed E-state index contributed by atoms with van der Waals surface area (Å²) in [4.78, 5) is 28.2.